The Balaban J connectivity index is 2.40. The molecule has 0 radical (unpaired) electrons. The van der Waals surface area contributed by atoms with E-state index in [4.69, 9.17) is 9.84 Å². The Morgan fingerprint density at radius 1 is 1.53 bits per heavy atom. The first-order valence-corrected chi connectivity index (χ1v) is 6.51. The Hall–Kier alpha value is -2.08. The molecule has 6 heteroatoms. The number of aryl methyl sites for hydroxylation is 1. The molecule has 1 N–H and O–H groups in total. The van der Waals surface area contributed by atoms with Crippen molar-refractivity contribution in [3.63, 3.8) is 0 Å². The lowest BCUT2D eigenvalue weighted by Gasteiger charge is -2.07. The summed E-state index contributed by atoms with van der Waals surface area (Å²) in [5.41, 5.74) is 1.38. The number of thiazole rings is 1. The van der Waals surface area contributed by atoms with E-state index in [1.807, 2.05) is 23.2 Å². The average Bonchev–Trinajstić information content (AvgIpc) is 2.76. The molecule has 0 spiro atoms. The Kier molecular flexibility index (Phi) is 4.01. The van der Waals surface area contributed by atoms with Gasteiger partial charge in [0.05, 0.1) is 19.2 Å². The van der Waals surface area contributed by atoms with E-state index in [2.05, 4.69) is 4.99 Å². The van der Waals surface area contributed by atoms with E-state index in [1.54, 1.807) is 18.2 Å². The molecule has 0 unspecified atom stereocenters. The maximum atomic E-state index is 10.7. The molecule has 0 aliphatic carbocycles. The third-order valence-corrected chi connectivity index (χ3v) is 3.44. The summed E-state index contributed by atoms with van der Waals surface area (Å²) in [6, 6.07) is 5.28. The largest absolute Gasteiger partial charge is 0.496 e. The van der Waals surface area contributed by atoms with Crippen molar-refractivity contribution >= 4 is 23.0 Å². The first kappa shape index (κ1) is 13.4. The number of carboxylic acid groups (broad SMARTS) is 1. The molecule has 0 bridgehead atoms. The molecule has 2 aromatic rings. The predicted octanol–water partition coefficient (Wildman–Crippen LogP) is 1.95. The van der Waals surface area contributed by atoms with Crippen LogP contribution < -0.4 is 9.54 Å². The molecular weight excluding hydrogens is 264 g/mol. The van der Waals surface area contributed by atoms with Crippen LogP contribution in [-0.2, 0) is 18.3 Å². The van der Waals surface area contributed by atoms with E-state index >= 15 is 0 Å². The molecule has 1 heterocycles. The molecule has 1 aromatic heterocycles. The summed E-state index contributed by atoms with van der Waals surface area (Å²) in [5.74, 6) is -0.337. The Bertz CT molecular complexity index is 658. The SMILES string of the molecule is COc1cc(/N=c2\sccn2C)ccc1CC(=O)O. The zero-order valence-corrected chi connectivity index (χ0v) is 11.5. The van der Waals surface area contributed by atoms with Gasteiger partial charge in [-0.25, -0.2) is 4.99 Å². The molecule has 0 aliphatic heterocycles. The van der Waals surface area contributed by atoms with Crippen LogP contribution in [0.4, 0.5) is 5.69 Å². The second-order valence-corrected chi connectivity index (χ2v) is 4.85. The predicted molar refractivity (Wildman–Crippen MR) is 72.8 cm³/mol. The second-order valence-electron chi connectivity index (χ2n) is 3.97. The molecule has 0 amide bonds. The molecule has 2 rings (SSSR count). The number of hydrogen-bond acceptors (Lipinski definition) is 4. The molecule has 5 nitrogen and oxygen atoms in total. The first-order chi connectivity index (χ1) is 9.10. The quantitative estimate of drug-likeness (QED) is 0.929. The fourth-order valence-corrected chi connectivity index (χ4v) is 2.41. The van der Waals surface area contributed by atoms with E-state index < -0.39 is 5.97 Å². The minimum Gasteiger partial charge on any atom is -0.496 e. The van der Waals surface area contributed by atoms with Gasteiger partial charge >= 0.3 is 5.97 Å². The maximum absolute atomic E-state index is 10.7. The van der Waals surface area contributed by atoms with E-state index in [0.29, 0.717) is 11.3 Å². The lowest BCUT2D eigenvalue weighted by Crippen LogP contribution is -2.08. The van der Waals surface area contributed by atoms with Gasteiger partial charge in [0, 0.05) is 30.3 Å². The topological polar surface area (TPSA) is 63.8 Å². The Morgan fingerprint density at radius 2 is 2.32 bits per heavy atom. The standard InChI is InChI=1S/C13H14N2O3S/c1-15-5-6-19-13(15)14-10-4-3-9(7-12(16)17)11(8-10)18-2/h3-6,8H,7H2,1-2H3,(H,16,17)/b14-13-. The van der Waals surface area contributed by atoms with Crippen LogP contribution in [-0.4, -0.2) is 22.8 Å². The summed E-state index contributed by atoms with van der Waals surface area (Å²) in [4.78, 5) is 16.1. The zero-order valence-electron chi connectivity index (χ0n) is 10.7. The van der Waals surface area contributed by atoms with Crippen LogP contribution in [0.3, 0.4) is 0 Å². The van der Waals surface area contributed by atoms with Crippen molar-refractivity contribution in [3.8, 4) is 5.75 Å². The molecular formula is C13H14N2O3S. The summed E-state index contributed by atoms with van der Waals surface area (Å²) in [5, 5.41) is 10.8. The number of carboxylic acids is 1. The van der Waals surface area contributed by atoms with Gasteiger partial charge in [0.25, 0.3) is 0 Å². The van der Waals surface area contributed by atoms with E-state index in [9.17, 15) is 4.79 Å². The van der Waals surface area contributed by atoms with Gasteiger partial charge in [-0.1, -0.05) is 6.07 Å². The number of methoxy groups -OCH3 is 1. The molecule has 19 heavy (non-hydrogen) atoms. The number of hydrogen-bond donors (Lipinski definition) is 1. The van der Waals surface area contributed by atoms with Gasteiger partial charge in [-0.05, 0) is 6.07 Å². The van der Waals surface area contributed by atoms with Crippen molar-refractivity contribution in [1.29, 1.82) is 0 Å². The Labute approximate surface area is 114 Å². The fraction of sp³-hybridized carbons (Fsp3) is 0.231. The average molecular weight is 278 g/mol. The highest BCUT2D eigenvalue weighted by Gasteiger charge is 2.08. The molecule has 0 aliphatic rings. The van der Waals surface area contributed by atoms with E-state index in [1.165, 1.54) is 18.4 Å². The highest BCUT2D eigenvalue weighted by molar-refractivity contribution is 7.07. The van der Waals surface area contributed by atoms with Crippen LogP contribution in [0.15, 0.2) is 34.8 Å². The van der Waals surface area contributed by atoms with Crippen molar-refractivity contribution in [1.82, 2.24) is 4.57 Å². The zero-order chi connectivity index (χ0) is 13.8. The van der Waals surface area contributed by atoms with Crippen LogP contribution in [0.25, 0.3) is 0 Å². The van der Waals surface area contributed by atoms with Gasteiger partial charge in [0.1, 0.15) is 5.75 Å². The maximum Gasteiger partial charge on any atom is 0.307 e. The number of ether oxygens (including phenoxy) is 1. The number of aromatic nitrogens is 1. The van der Waals surface area contributed by atoms with Gasteiger partial charge in [-0.15, -0.1) is 11.3 Å². The highest BCUT2D eigenvalue weighted by Crippen LogP contribution is 2.25. The van der Waals surface area contributed by atoms with E-state index in [0.717, 1.165) is 10.5 Å². The monoisotopic (exact) mass is 278 g/mol. The first-order valence-electron chi connectivity index (χ1n) is 5.63. The molecule has 0 fully saturated rings. The number of benzene rings is 1. The van der Waals surface area contributed by atoms with Crippen LogP contribution in [0.5, 0.6) is 5.75 Å². The van der Waals surface area contributed by atoms with Gasteiger partial charge in [0.2, 0.25) is 0 Å². The molecule has 0 atom stereocenters. The number of carbonyl (C=O) groups is 1. The van der Waals surface area contributed by atoms with Crippen LogP contribution in [0.2, 0.25) is 0 Å². The van der Waals surface area contributed by atoms with E-state index in [-0.39, 0.29) is 6.42 Å². The van der Waals surface area contributed by atoms with Crippen molar-refractivity contribution < 1.29 is 14.6 Å². The van der Waals surface area contributed by atoms with Crippen molar-refractivity contribution in [3.05, 3.63) is 40.1 Å². The molecule has 100 valence electrons. The lowest BCUT2D eigenvalue weighted by molar-refractivity contribution is -0.136. The summed E-state index contributed by atoms with van der Waals surface area (Å²) in [6.45, 7) is 0. The fourth-order valence-electron chi connectivity index (χ4n) is 1.66. The third-order valence-electron chi connectivity index (χ3n) is 2.60. The van der Waals surface area contributed by atoms with Crippen molar-refractivity contribution in [2.45, 2.75) is 6.42 Å². The number of aliphatic carboxylic acids is 1. The minimum atomic E-state index is -0.882. The van der Waals surface area contributed by atoms with Crippen LogP contribution >= 0.6 is 11.3 Å². The number of rotatable bonds is 4. The molecule has 1 aromatic carbocycles. The van der Waals surface area contributed by atoms with Gasteiger partial charge in [-0.3, -0.25) is 4.79 Å². The Morgan fingerprint density at radius 3 is 2.89 bits per heavy atom. The minimum absolute atomic E-state index is 0.0593. The summed E-state index contributed by atoms with van der Waals surface area (Å²) in [7, 11) is 3.45. The summed E-state index contributed by atoms with van der Waals surface area (Å²) >= 11 is 1.53. The lowest BCUT2D eigenvalue weighted by atomic mass is 10.1. The summed E-state index contributed by atoms with van der Waals surface area (Å²) < 4.78 is 7.13. The second kappa shape index (κ2) is 5.71. The molecule has 0 saturated carbocycles. The van der Waals surface area contributed by atoms with Crippen molar-refractivity contribution in [2.24, 2.45) is 12.0 Å². The third kappa shape index (κ3) is 3.23. The van der Waals surface area contributed by atoms with Crippen LogP contribution in [0.1, 0.15) is 5.56 Å². The van der Waals surface area contributed by atoms with Crippen molar-refractivity contribution in [2.75, 3.05) is 7.11 Å². The highest BCUT2D eigenvalue weighted by atomic mass is 32.1. The summed E-state index contributed by atoms with van der Waals surface area (Å²) in [6.07, 6.45) is 1.87. The number of nitrogens with zero attached hydrogens (tertiary/aromatic N) is 2. The normalized spacial score (nSPS) is 11.6. The molecule has 0 saturated heterocycles. The van der Waals surface area contributed by atoms with Crippen LogP contribution in [0, 0.1) is 0 Å². The van der Waals surface area contributed by atoms with Gasteiger partial charge in [0.15, 0.2) is 4.80 Å². The van der Waals surface area contributed by atoms with Gasteiger partial charge in [-0.2, -0.15) is 0 Å². The smallest absolute Gasteiger partial charge is 0.307 e. The van der Waals surface area contributed by atoms with Gasteiger partial charge < -0.3 is 14.4 Å².